The second-order valence-corrected chi connectivity index (χ2v) is 7.66. The first-order chi connectivity index (χ1) is 11.9. The third-order valence-electron chi connectivity index (χ3n) is 3.71. The van der Waals surface area contributed by atoms with Crippen LogP contribution >= 0.6 is 11.6 Å². The van der Waals surface area contributed by atoms with Crippen LogP contribution in [0.3, 0.4) is 0 Å². The van der Waals surface area contributed by atoms with Crippen LogP contribution in [-0.2, 0) is 16.6 Å². The average molecular weight is 385 g/mol. The van der Waals surface area contributed by atoms with Gasteiger partial charge >= 0.3 is 0 Å². The Hall–Kier alpha value is -1.83. The van der Waals surface area contributed by atoms with Crippen molar-refractivity contribution in [3.63, 3.8) is 0 Å². The number of benzene rings is 1. The first-order valence-corrected chi connectivity index (χ1v) is 9.79. The van der Waals surface area contributed by atoms with Gasteiger partial charge in [0.2, 0.25) is 10.0 Å². The fraction of sp³-hybridized carbons (Fsp3) is 0.353. The Morgan fingerprint density at radius 3 is 2.32 bits per heavy atom. The molecule has 0 saturated heterocycles. The van der Waals surface area contributed by atoms with Gasteiger partial charge in [0.1, 0.15) is 12.4 Å². The van der Waals surface area contributed by atoms with E-state index in [0.29, 0.717) is 23.9 Å². The van der Waals surface area contributed by atoms with E-state index in [-0.39, 0.29) is 23.6 Å². The van der Waals surface area contributed by atoms with Crippen LogP contribution in [0.15, 0.2) is 52.3 Å². The van der Waals surface area contributed by atoms with E-state index in [1.807, 2.05) is 0 Å². The molecule has 1 aromatic carbocycles. The maximum Gasteiger partial charge on any atom is 0.250 e. The Kier molecular flexibility index (Phi) is 6.64. The Morgan fingerprint density at radius 1 is 1.08 bits per heavy atom. The number of pyridine rings is 1. The second kappa shape index (κ2) is 8.51. The summed E-state index contributed by atoms with van der Waals surface area (Å²) >= 11 is 5.81. The van der Waals surface area contributed by atoms with E-state index in [0.717, 1.165) is 0 Å². The number of rotatable bonds is 8. The Morgan fingerprint density at radius 2 is 1.72 bits per heavy atom. The van der Waals surface area contributed by atoms with Crippen molar-refractivity contribution in [3.8, 4) is 5.75 Å². The summed E-state index contributed by atoms with van der Waals surface area (Å²) in [7, 11) is -3.60. The van der Waals surface area contributed by atoms with Crippen molar-refractivity contribution in [1.29, 1.82) is 0 Å². The molecule has 2 aromatic rings. The lowest BCUT2D eigenvalue weighted by molar-refractivity contribution is 0.296. The molecule has 0 fully saturated rings. The van der Waals surface area contributed by atoms with Gasteiger partial charge in [-0.1, -0.05) is 25.4 Å². The molecule has 6 nitrogen and oxygen atoms in total. The molecule has 136 valence electrons. The maximum absolute atomic E-state index is 12.6. The molecule has 25 heavy (non-hydrogen) atoms. The van der Waals surface area contributed by atoms with Gasteiger partial charge in [-0.05, 0) is 30.3 Å². The van der Waals surface area contributed by atoms with Crippen LogP contribution in [0.5, 0.6) is 5.75 Å². The smallest absolute Gasteiger partial charge is 0.250 e. The molecule has 0 N–H and O–H groups in total. The minimum absolute atomic E-state index is 0.0993. The number of hydrogen-bond donors (Lipinski definition) is 0. The first-order valence-electron chi connectivity index (χ1n) is 7.97. The predicted molar refractivity (Wildman–Crippen MR) is 97.8 cm³/mol. The van der Waals surface area contributed by atoms with Gasteiger partial charge in [-0.15, -0.1) is 0 Å². The van der Waals surface area contributed by atoms with E-state index in [1.54, 1.807) is 38.1 Å². The highest BCUT2D eigenvalue weighted by Gasteiger charge is 2.22. The van der Waals surface area contributed by atoms with E-state index in [2.05, 4.69) is 0 Å². The zero-order chi connectivity index (χ0) is 18.4. The van der Waals surface area contributed by atoms with Gasteiger partial charge in [-0.2, -0.15) is 4.31 Å². The van der Waals surface area contributed by atoms with Gasteiger partial charge in [0.15, 0.2) is 0 Å². The molecule has 1 aromatic heterocycles. The molecule has 0 unspecified atom stereocenters. The Labute approximate surface area is 152 Å². The fourth-order valence-electron chi connectivity index (χ4n) is 2.34. The van der Waals surface area contributed by atoms with Gasteiger partial charge in [-0.3, -0.25) is 4.79 Å². The van der Waals surface area contributed by atoms with E-state index in [1.165, 1.54) is 27.2 Å². The van der Waals surface area contributed by atoms with E-state index in [9.17, 15) is 13.2 Å². The van der Waals surface area contributed by atoms with E-state index >= 15 is 0 Å². The van der Waals surface area contributed by atoms with Gasteiger partial charge in [0.25, 0.3) is 5.56 Å². The summed E-state index contributed by atoms with van der Waals surface area (Å²) in [5, 5.41) is 0.609. The van der Waals surface area contributed by atoms with Crippen molar-refractivity contribution in [1.82, 2.24) is 8.87 Å². The molecular weight excluding hydrogens is 364 g/mol. The molecule has 0 radical (unpaired) electrons. The molecule has 1 heterocycles. The van der Waals surface area contributed by atoms with Gasteiger partial charge in [0.05, 0.1) is 11.4 Å². The monoisotopic (exact) mass is 384 g/mol. The maximum atomic E-state index is 12.6. The third-order valence-corrected chi connectivity index (χ3v) is 6.00. The summed E-state index contributed by atoms with van der Waals surface area (Å²) in [4.78, 5) is 12.1. The summed E-state index contributed by atoms with van der Waals surface area (Å²) in [6.07, 6.45) is 1.36. The molecule has 0 aliphatic carbocycles. The zero-order valence-corrected chi connectivity index (χ0v) is 15.8. The van der Waals surface area contributed by atoms with Crippen LogP contribution in [0, 0.1) is 0 Å². The summed E-state index contributed by atoms with van der Waals surface area (Å²) in [6, 6.07) is 9.48. The molecule has 2 rings (SSSR count). The summed E-state index contributed by atoms with van der Waals surface area (Å²) < 4.78 is 33.3. The topological polar surface area (TPSA) is 68.6 Å². The fourth-order valence-corrected chi connectivity index (χ4v) is 3.95. The highest BCUT2D eigenvalue weighted by atomic mass is 35.5. The molecule has 0 amide bonds. The minimum Gasteiger partial charge on any atom is -0.492 e. The largest absolute Gasteiger partial charge is 0.492 e. The Balaban J connectivity index is 2.13. The number of sulfonamides is 1. The normalized spacial score (nSPS) is 11.7. The predicted octanol–water partition coefficient (Wildman–Crippen LogP) is 2.61. The van der Waals surface area contributed by atoms with Crippen LogP contribution in [-0.4, -0.2) is 37.0 Å². The summed E-state index contributed by atoms with van der Waals surface area (Å²) in [6.45, 7) is 4.77. The van der Waals surface area contributed by atoms with Crippen molar-refractivity contribution >= 4 is 21.6 Å². The van der Waals surface area contributed by atoms with Crippen molar-refractivity contribution in [2.45, 2.75) is 25.3 Å². The van der Waals surface area contributed by atoms with Gasteiger partial charge in [0, 0.05) is 30.4 Å². The average Bonchev–Trinajstić information content (AvgIpc) is 2.59. The van der Waals surface area contributed by atoms with E-state index < -0.39 is 10.0 Å². The Bertz CT molecular complexity index is 859. The quantitative estimate of drug-likeness (QED) is 0.701. The van der Waals surface area contributed by atoms with Crippen molar-refractivity contribution in [3.05, 3.63) is 58.0 Å². The third kappa shape index (κ3) is 4.84. The number of halogens is 1. The summed E-state index contributed by atoms with van der Waals surface area (Å²) in [5.74, 6) is 0.629. The second-order valence-electron chi connectivity index (χ2n) is 5.29. The van der Waals surface area contributed by atoms with Crippen LogP contribution in [0.4, 0.5) is 0 Å². The molecule has 8 heteroatoms. The first kappa shape index (κ1) is 19.5. The van der Waals surface area contributed by atoms with Crippen molar-refractivity contribution in [2.24, 2.45) is 0 Å². The van der Waals surface area contributed by atoms with Crippen LogP contribution in [0.2, 0.25) is 5.02 Å². The SMILES string of the molecule is CCN(CC)S(=O)(=O)c1ccc(=O)n(CCOc2ccc(Cl)cc2)c1. The van der Waals surface area contributed by atoms with Crippen molar-refractivity contribution < 1.29 is 13.2 Å². The molecular formula is C17H21ClN2O4S. The number of hydrogen-bond acceptors (Lipinski definition) is 4. The minimum atomic E-state index is -3.60. The number of aromatic nitrogens is 1. The molecule has 0 saturated carbocycles. The molecule has 0 spiro atoms. The van der Waals surface area contributed by atoms with Crippen LogP contribution < -0.4 is 10.3 Å². The highest BCUT2D eigenvalue weighted by Crippen LogP contribution is 2.16. The zero-order valence-electron chi connectivity index (χ0n) is 14.2. The highest BCUT2D eigenvalue weighted by molar-refractivity contribution is 7.89. The molecule has 0 aliphatic rings. The standard InChI is InChI=1S/C17H21ClN2O4S/c1-3-20(4-2)25(22,23)16-9-10-17(21)19(13-16)11-12-24-15-7-5-14(18)6-8-15/h5-10,13H,3-4,11-12H2,1-2H3. The molecule has 0 aliphatic heterocycles. The lowest BCUT2D eigenvalue weighted by Gasteiger charge is -2.19. The van der Waals surface area contributed by atoms with Gasteiger partial charge in [-0.25, -0.2) is 8.42 Å². The number of ether oxygens (including phenoxy) is 1. The molecule has 0 atom stereocenters. The van der Waals surface area contributed by atoms with Gasteiger partial charge < -0.3 is 9.30 Å². The molecule has 0 bridgehead atoms. The lowest BCUT2D eigenvalue weighted by Crippen LogP contribution is -2.32. The van der Waals surface area contributed by atoms with E-state index in [4.69, 9.17) is 16.3 Å². The summed E-state index contributed by atoms with van der Waals surface area (Å²) in [5.41, 5.74) is -0.279. The lowest BCUT2D eigenvalue weighted by atomic mass is 10.3. The van der Waals surface area contributed by atoms with Crippen LogP contribution in [0.25, 0.3) is 0 Å². The number of nitrogens with zero attached hydrogens (tertiary/aromatic N) is 2. The van der Waals surface area contributed by atoms with Crippen molar-refractivity contribution in [2.75, 3.05) is 19.7 Å². The van der Waals surface area contributed by atoms with Crippen LogP contribution in [0.1, 0.15) is 13.8 Å².